The maximum absolute atomic E-state index is 12.9. The summed E-state index contributed by atoms with van der Waals surface area (Å²) in [5.41, 5.74) is -1.57. The van der Waals surface area contributed by atoms with Gasteiger partial charge in [-0.1, -0.05) is 0 Å². The Morgan fingerprint density at radius 3 is 2.35 bits per heavy atom. The van der Waals surface area contributed by atoms with Gasteiger partial charge in [-0.2, -0.15) is 21.6 Å². The predicted octanol–water partition coefficient (Wildman–Crippen LogP) is 2.57. The van der Waals surface area contributed by atoms with E-state index in [1.807, 2.05) is 0 Å². The van der Waals surface area contributed by atoms with E-state index in [2.05, 4.69) is 4.18 Å². The summed E-state index contributed by atoms with van der Waals surface area (Å²) in [6, 6.07) is 1.63. The van der Waals surface area contributed by atoms with Crippen LogP contribution in [0.1, 0.15) is 12.5 Å². The zero-order valence-electron chi connectivity index (χ0n) is 8.58. The molecule has 3 nitrogen and oxygen atoms in total. The summed E-state index contributed by atoms with van der Waals surface area (Å²) >= 11 is 0. The molecule has 0 aromatic heterocycles. The summed E-state index contributed by atoms with van der Waals surface area (Å²) in [4.78, 5) is 0. The molecule has 0 atom stereocenters. The second kappa shape index (κ2) is 4.52. The topological polar surface area (TPSA) is 43.4 Å². The highest BCUT2D eigenvalue weighted by Crippen LogP contribution is 2.33. The summed E-state index contributed by atoms with van der Waals surface area (Å²) in [7, 11) is -3.94. The monoisotopic (exact) mass is 272 g/mol. The summed E-state index contributed by atoms with van der Waals surface area (Å²) < 4.78 is 76.1. The molecular weight excluding hydrogens is 264 g/mol. The molecule has 0 amide bonds. The van der Waals surface area contributed by atoms with Crippen LogP contribution in [0.4, 0.5) is 17.6 Å². The molecule has 0 fully saturated rings. The second-order valence-electron chi connectivity index (χ2n) is 3.07. The first kappa shape index (κ1) is 13.8. The van der Waals surface area contributed by atoms with Gasteiger partial charge in [0.15, 0.2) is 0 Å². The molecule has 1 rings (SSSR count). The van der Waals surface area contributed by atoms with Crippen LogP contribution in [0.25, 0.3) is 0 Å². The first-order valence-electron chi connectivity index (χ1n) is 4.44. The van der Waals surface area contributed by atoms with Gasteiger partial charge in [0.05, 0.1) is 11.3 Å². The highest BCUT2D eigenvalue weighted by Gasteiger charge is 2.34. The van der Waals surface area contributed by atoms with Crippen LogP contribution in [0, 0.1) is 5.82 Å². The molecule has 0 N–H and O–H groups in total. The number of benzene rings is 1. The van der Waals surface area contributed by atoms with Crippen molar-refractivity contribution in [3.05, 3.63) is 29.6 Å². The van der Waals surface area contributed by atoms with Gasteiger partial charge < -0.3 is 4.18 Å². The van der Waals surface area contributed by atoms with Crippen molar-refractivity contribution in [2.45, 2.75) is 13.1 Å². The summed E-state index contributed by atoms with van der Waals surface area (Å²) in [6.07, 6.45) is -4.90. The van der Waals surface area contributed by atoms with E-state index in [4.69, 9.17) is 0 Å². The van der Waals surface area contributed by atoms with E-state index in [9.17, 15) is 26.0 Å². The Kier molecular flexibility index (Phi) is 3.65. The fourth-order valence-electron chi connectivity index (χ4n) is 0.979. The lowest BCUT2D eigenvalue weighted by Gasteiger charge is -2.10. The molecule has 8 heteroatoms. The van der Waals surface area contributed by atoms with Crippen molar-refractivity contribution >= 4 is 10.1 Å². The van der Waals surface area contributed by atoms with E-state index in [1.165, 1.54) is 6.92 Å². The van der Waals surface area contributed by atoms with Crippen molar-refractivity contribution < 1.29 is 30.2 Å². The predicted molar refractivity (Wildman–Crippen MR) is 51.5 cm³/mol. The van der Waals surface area contributed by atoms with Crippen LogP contribution in [0.15, 0.2) is 18.2 Å². The van der Waals surface area contributed by atoms with E-state index >= 15 is 0 Å². The van der Waals surface area contributed by atoms with Crippen LogP contribution in [-0.4, -0.2) is 14.2 Å². The Balaban J connectivity index is 3.14. The van der Waals surface area contributed by atoms with Gasteiger partial charge in [0.2, 0.25) is 0 Å². The quantitative estimate of drug-likeness (QED) is 0.627. The number of hydrogen-bond donors (Lipinski definition) is 0. The Bertz CT molecular complexity index is 507. The summed E-state index contributed by atoms with van der Waals surface area (Å²) in [5, 5.41) is 0. The minimum atomic E-state index is -4.90. The van der Waals surface area contributed by atoms with Crippen LogP contribution in [0.3, 0.4) is 0 Å². The van der Waals surface area contributed by atoms with Crippen LogP contribution in [0.5, 0.6) is 5.75 Å². The molecule has 0 aliphatic carbocycles. The molecule has 0 saturated heterocycles. The van der Waals surface area contributed by atoms with E-state index < -0.39 is 39.2 Å². The van der Waals surface area contributed by atoms with Gasteiger partial charge in [0, 0.05) is 0 Å². The molecule has 0 aliphatic heterocycles. The third-order valence-corrected chi connectivity index (χ3v) is 2.97. The molecule has 0 radical (unpaired) electrons. The van der Waals surface area contributed by atoms with Crippen LogP contribution < -0.4 is 4.18 Å². The average molecular weight is 272 g/mol. The highest BCUT2D eigenvalue weighted by molar-refractivity contribution is 7.87. The lowest BCUT2D eigenvalue weighted by atomic mass is 10.2. The zero-order chi connectivity index (χ0) is 13.3. The lowest BCUT2D eigenvalue weighted by Crippen LogP contribution is -2.13. The van der Waals surface area contributed by atoms with Crippen molar-refractivity contribution in [1.82, 2.24) is 0 Å². The lowest BCUT2D eigenvalue weighted by molar-refractivity contribution is -0.140. The minimum Gasteiger partial charge on any atom is -0.382 e. The maximum atomic E-state index is 12.9. The SMILES string of the molecule is CCS(=O)(=O)Oc1ccc(F)c(C(F)(F)F)c1. The molecule has 0 aliphatic rings. The molecule has 0 unspecified atom stereocenters. The smallest absolute Gasteiger partial charge is 0.382 e. The third-order valence-electron chi connectivity index (χ3n) is 1.82. The normalized spacial score (nSPS) is 12.5. The number of rotatable bonds is 3. The number of alkyl halides is 3. The fraction of sp³-hybridized carbons (Fsp3) is 0.333. The highest BCUT2D eigenvalue weighted by atomic mass is 32.2. The summed E-state index contributed by atoms with van der Waals surface area (Å²) in [5.74, 6) is -2.45. The van der Waals surface area contributed by atoms with Gasteiger partial charge in [0.25, 0.3) is 0 Å². The Labute approximate surface area is 95.1 Å². The molecule has 96 valence electrons. The molecule has 0 saturated carbocycles. The van der Waals surface area contributed by atoms with Gasteiger partial charge in [-0.15, -0.1) is 0 Å². The molecule has 17 heavy (non-hydrogen) atoms. The minimum absolute atomic E-state index is 0.308. The molecule has 1 aromatic carbocycles. The van der Waals surface area contributed by atoms with Gasteiger partial charge in [-0.25, -0.2) is 4.39 Å². The van der Waals surface area contributed by atoms with Gasteiger partial charge in [-0.3, -0.25) is 0 Å². The Morgan fingerprint density at radius 2 is 1.88 bits per heavy atom. The second-order valence-corrected chi connectivity index (χ2v) is 4.93. The van der Waals surface area contributed by atoms with Gasteiger partial charge in [0.1, 0.15) is 11.6 Å². The first-order chi connectivity index (χ1) is 7.65. The molecule has 0 heterocycles. The van der Waals surface area contributed by atoms with E-state index in [1.54, 1.807) is 0 Å². The number of hydrogen-bond acceptors (Lipinski definition) is 3. The fourth-order valence-corrected chi connectivity index (χ4v) is 1.49. The van der Waals surface area contributed by atoms with Crippen LogP contribution in [0.2, 0.25) is 0 Å². The van der Waals surface area contributed by atoms with Crippen molar-refractivity contribution in [2.75, 3.05) is 5.75 Å². The molecule has 0 spiro atoms. The molecular formula is C9H8F4O3S. The molecule has 0 bridgehead atoms. The largest absolute Gasteiger partial charge is 0.419 e. The Morgan fingerprint density at radius 1 is 1.29 bits per heavy atom. The average Bonchev–Trinajstić information content (AvgIpc) is 2.19. The Hall–Kier alpha value is -1.31. The third kappa shape index (κ3) is 3.58. The summed E-state index contributed by atoms with van der Waals surface area (Å²) in [6.45, 7) is 1.27. The van der Waals surface area contributed by atoms with Crippen LogP contribution >= 0.6 is 0 Å². The standard InChI is InChI=1S/C9H8F4O3S/c1-2-17(14,15)16-6-3-4-8(10)7(5-6)9(11,12)13/h3-5H,2H2,1H3. The van der Waals surface area contributed by atoms with E-state index in [0.29, 0.717) is 12.1 Å². The zero-order valence-corrected chi connectivity index (χ0v) is 9.40. The molecule has 1 aromatic rings. The van der Waals surface area contributed by atoms with Crippen molar-refractivity contribution in [3.8, 4) is 5.75 Å². The van der Waals surface area contributed by atoms with Gasteiger partial charge in [-0.05, 0) is 25.1 Å². The van der Waals surface area contributed by atoms with Crippen molar-refractivity contribution in [1.29, 1.82) is 0 Å². The first-order valence-corrected chi connectivity index (χ1v) is 6.02. The number of halogens is 4. The van der Waals surface area contributed by atoms with Crippen LogP contribution in [-0.2, 0) is 16.3 Å². The van der Waals surface area contributed by atoms with E-state index in [-0.39, 0.29) is 0 Å². The van der Waals surface area contributed by atoms with E-state index in [0.717, 1.165) is 6.07 Å². The van der Waals surface area contributed by atoms with Crippen molar-refractivity contribution in [2.24, 2.45) is 0 Å². The maximum Gasteiger partial charge on any atom is 0.419 e. The van der Waals surface area contributed by atoms with Gasteiger partial charge >= 0.3 is 16.3 Å². The van der Waals surface area contributed by atoms with Crippen molar-refractivity contribution in [3.63, 3.8) is 0 Å².